The number of hydrogen-bond acceptors (Lipinski definition) is 2. The van der Waals surface area contributed by atoms with Crippen LogP contribution in [0.4, 0.5) is 0 Å². The van der Waals surface area contributed by atoms with Crippen molar-refractivity contribution in [2.24, 2.45) is 0 Å². The lowest BCUT2D eigenvalue weighted by atomic mass is 10.3. The van der Waals surface area contributed by atoms with Gasteiger partial charge in [0.15, 0.2) is 0 Å². The molecular weight excluding hydrogens is 144 g/mol. The summed E-state index contributed by atoms with van der Waals surface area (Å²) in [7, 11) is 0. The van der Waals surface area contributed by atoms with Gasteiger partial charge in [0.25, 0.3) is 0 Å². The summed E-state index contributed by atoms with van der Waals surface area (Å²) in [6.45, 7) is 4.85. The molecule has 11 heavy (non-hydrogen) atoms. The number of aromatic nitrogens is 2. The van der Waals surface area contributed by atoms with Crippen LogP contribution in [0, 0.1) is 31.2 Å². The van der Waals surface area contributed by atoms with Gasteiger partial charge in [0.2, 0.25) is 11.4 Å². The Balaban J connectivity index is 3.46. The van der Waals surface area contributed by atoms with Crippen molar-refractivity contribution in [3.05, 3.63) is 33.7 Å². The van der Waals surface area contributed by atoms with Crippen molar-refractivity contribution in [1.82, 2.24) is 0 Å². The highest BCUT2D eigenvalue weighted by Gasteiger charge is 2.15. The maximum absolute atomic E-state index is 11.0. The molecule has 0 spiro atoms. The molecule has 1 heterocycles. The molecule has 1 aromatic rings. The van der Waals surface area contributed by atoms with E-state index < -0.39 is 0 Å². The molecule has 0 unspecified atom stereocenters. The summed E-state index contributed by atoms with van der Waals surface area (Å²) in [5.41, 5.74) is 1.10. The Bertz CT molecular complexity index is 271. The monoisotopic (exact) mass is 154 g/mol. The van der Waals surface area contributed by atoms with Crippen molar-refractivity contribution < 1.29 is 9.46 Å². The first-order valence-electron chi connectivity index (χ1n) is 3.34. The minimum Gasteiger partial charge on any atom is -0.614 e. The van der Waals surface area contributed by atoms with Crippen LogP contribution in [-0.4, -0.2) is 0 Å². The summed E-state index contributed by atoms with van der Waals surface area (Å²) in [6.07, 6.45) is 0. The van der Waals surface area contributed by atoms with Crippen molar-refractivity contribution in [2.75, 3.05) is 0 Å². The fourth-order valence-corrected chi connectivity index (χ4v) is 1.01. The average Bonchev–Trinajstić information content (AvgIpc) is 1.97. The van der Waals surface area contributed by atoms with E-state index in [1.807, 2.05) is 0 Å². The van der Waals surface area contributed by atoms with Gasteiger partial charge < -0.3 is 10.4 Å². The number of aryl methyl sites for hydroxylation is 2. The molecule has 1 rings (SSSR count). The maximum Gasteiger partial charge on any atom is 0.437 e. The van der Waals surface area contributed by atoms with E-state index >= 15 is 0 Å². The fraction of sp³-hybridized carbons (Fsp3) is 0.429. The van der Waals surface area contributed by atoms with E-state index in [1.54, 1.807) is 19.9 Å². The summed E-state index contributed by atoms with van der Waals surface area (Å²) < 4.78 is 1.25. The second kappa shape index (κ2) is 2.38. The van der Waals surface area contributed by atoms with Crippen LogP contribution >= 0.6 is 0 Å². The standard InChI is InChI=1S/C7H10N2O2/c1-5-4-6(2)9(11)7(3)8(5)10/h4H,1-3H3. The van der Waals surface area contributed by atoms with Gasteiger partial charge >= 0.3 is 5.82 Å². The van der Waals surface area contributed by atoms with Gasteiger partial charge in [0.05, 0.1) is 13.0 Å². The quantitative estimate of drug-likeness (QED) is 0.386. The normalized spacial score (nSPS) is 10.1. The van der Waals surface area contributed by atoms with Gasteiger partial charge in [-0.2, -0.15) is 0 Å². The first kappa shape index (κ1) is 7.78. The van der Waals surface area contributed by atoms with Gasteiger partial charge in [0.1, 0.15) is 0 Å². The Labute approximate surface area is 64.9 Å². The van der Waals surface area contributed by atoms with Crippen LogP contribution in [0.25, 0.3) is 0 Å². The van der Waals surface area contributed by atoms with Crippen LogP contribution in [0.3, 0.4) is 0 Å². The SMILES string of the molecule is Cc1cc(C)[n+]([O-])c(C)[n+]1[O-]. The molecule has 1 aromatic heterocycles. The maximum atomic E-state index is 11.0. The van der Waals surface area contributed by atoms with Gasteiger partial charge in [-0.1, -0.05) is 0 Å². The first-order valence-corrected chi connectivity index (χ1v) is 3.34. The van der Waals surface area contributed by atoms with Gasteiger partial charge in [-0.15, -0.1) is 9.46 Å². The molecule has 0 aliphatic rings. The van der Waals surface area contributed by atoms with E-state index in [0.29, 0.717) is 20.8 Å². The highest BCUT2D eigenvalue weighted by Crippen LogP contribution is 1.92. The zero-order valence-corrected chi connectivity index (χ0v) is 6.79. The van der Waals surface area contributed by atoms with E-state index in [4.69, 9.17) is 0 Å². The lowest BCUT2D eigenvalue weighted by Crippen LogP contribution is -2.49. The summed E-state index contributed by atoms with van der Waals surface area (Å²) in [5, 5.41) is 22.1. The third-order valence-corrected chi connectivity index (χ3v) is 1.65. The van der Waals surface area contributed by atoms with Gasteiger partial charge in [-0.25, -0.2) is 0 Å². The second-order valence-corrected chi connectivity index (χ2v) is 2.56. The van der Waals surface area contributed by atoms with Gasteiger partial charge in [-0.05, 0) is 0 Å². The van der Waals surface area contributed by atoms with Crippen molar-refractivity contribution in [3.63, 3.8) is 0 Å². The molecular formula is C7H10N2O2. The molecule has 4 nitrogen and oxygen atoms in total. The van der Waals surface area contributed by atoms with Crippen molar-refractivity contribution >= 4 is 0 Å². The number of rotatable bonds is 0. The molecule has 0 radical (unpaired) electrons. The largest absolute Gasteiger partial charge is 0.614 e. The third kappa shape index (κ3) is 1.11. The van der Waals surface area contributed by atoms with Crippen LogP contribution in [-0.2, 0) is 0 Å². The smallest absolute Gasteiger partial charge is 0.437 e. The molecule has 60 valence electrons. The van der Waals surface area contributed by atoms with Gasteiger partial charge in [-0.3, -0.25) is 0 Å². The van der Waals surface area contributed by atoms with Crippen LogP contribution < -0.4 is 9.46 Å². The first-order chi connectivity index (χ1) is 5.04. The molecule has 0 saturated heterocycles. The van der Waals surface area contributed by atoms with Crippen LogP contribution in [0.1, 0.15) is 17.2 Å². The van der Waals surface area contributed by atoms with E-state index in [-0.39, 0.29) is 5.82 Å². The van der Waals surface area contributed by atoms with E-state index in [1.165, 1.54) is 6.92 Å². The lowest BCUT2D eigenvalue weighted by molar-refractivity contribution is -0.761. The summed E-state index contributed by atoms with van der Waals surface area (Å²) >= 11 is 0. The van der Waals surface area contributed by atoms with Crippen LogP contribution in [0.5, 0.6) is 0 Å². The van der Waals surface area contributed by atoms with Gasteiger partial charge in [0, 0.05) is 13.8 Å². The molecule has 0 bridgehead atoms. The molecule has 4 heteroatoms. The summed E-state index contributed by atoms with van der Waals surface area (Å²) in [5.74, 6) is 0.169. The predicted octanol–water partition coefficient (Wildman–Crippen LogP) is -0.121. The minimum atomic E-state index is 0.169. The Kier molecular flexibility index (Phi) is 1.68. The second-order valence-electron chi connectivity index (χ2n) is 2.56. The zero-order valence-electron chi connectivity index (χ0n) is 6.79. The Hall–Kier alpha value is -1.32. The molecule has 0 fully saturated rings. The third-order valence-electron chi connectivity index (χ3n) is 1.65. The molecule has 0 atom stereocenters. The zero-order chi connectivity index (χ0) is 8.59. The molecule has 0 aromatic carbocycles. The Morgan fingerprint density at radius 3 is 1.73 bits per heavy atom. The average molecular weight is 154 g/mol. The molecule has 0 amide bonds. The highest BCUT2D eigenvalue weighted by atomic mass is 16.5. The minimum absolute atomic E-state index is 0.169. The molecule has 0 N–H and O–H groups in total. The van der Waals surface area contributed by atoms with E-state index in [9.17, 15) is 10.4 Å². The van der Waals surface area contributed by atoms with Crippen LogP contribution in [0.2, 0.25) is 0 Å². The number of nitrogens with zero attached hydrogens (tertiary/aromatic N) is 2. The fourth-order valence-electron chi connectivity index (χ4n) is 1.01. The molecule has 0 aliphatic heterocycles. The predicted molar refractivity (Wildman–Crippen MR) is 38.6 cm³/mol. The van der Waals surface area contributed by atoms with E-state index in [2.05, 4.69) is 0 Å². The lowest BCUT2D eigenvalue weighted by Gasteiger charge is -2.05. The Morgan fingerprint density at radius 1 is 1.00 bits per heavy atom. The number of hydrogen-bond donors (Lipinski definition) is 0. The highest BCUT2D eigenvalue weighted by molar-refractivity contribution is 4.96. The summed E-state index contributed by atoms with van der Waals surface area (Å²) in [6, 6.07) is 1.56. The molecule has 0 saturated carbocycles. The summed E-state index contributed by atoms with van der Waals surface area (Å²) in [4.78, 5) is 0. The van der Waals surface area contributed by atoms with E-state index in [0.717, 1.165) is 0 Å². The topological polar surface area (TPSA) is 53.9 Å². The Morgan fingerprint density at radius 2 is 1.36 bits per heavy atom. The van der Waals surface area contributed by atoms with Crippen molar-refractivity contribution in [1.29, 1.82) is 0 Å². The van der Waals surface area contributed by atoms with Crippen molar-refractivity contribution in [3.8, 4) is 0 Å². The van der Waals surface area contributed by atoms with Crippen molar-refractivity contribution in [2.45, 2.75) is 20.8 Å². The van der Waals surface area contributed by atoms with Crippen LogP contribution in [0.15, 0.2) is 6.07 Å². The molecule has 0 aliphatic carbocycles.